The van der Waals surface area contributed by atoms with Gasteiger partial charge in [0, 0.05) is 12.6 Å². The zero-order valence-electron chi connectivity index (χ0n) is 12.7. The molecule has 1 heterocycles. The highest BCUT2D eigenvalue weighted by atomic mass is 16.6. The summed E-state index contributed by atoms with van der Waals surface area (Å²) in [4.78, 5) is 20.4. The number of nitrogens with two attached hydrogens (primary N) is 1. The summed E-state index contributed by atoms with van der Waals surface area (Å²) in [6.07, 6.45) is 3.13. The number of nitrogens with one attached hydrogen (secondary N) is 2. The van der Waals surface area contributed by atoms with Crippen LogP contribution in [0.15, 0.2) is 6.33 Å². The van der Waals surface area contributed by atoms with Crippen molar-refractivity contribution in [3.63, 3.8) is 0 Å². The third-order valence-electron chi connectivity index (χ3n) is 3.25. The van der Waals surface area contributed by atoms with Gasteiger partial charge in [-0.3, -0.25) is 10.1 Å². The highest BCUT2D eigenvalue weighted by molar-refractivity contribution is 5.68. The van der Waals surface area contributed by atoms with E-state index in [0.29, 0.717) is 12.6 Å². The number of nitrogens with zero attached hydrogens (tertiary/aromatic N) is 4. The molecule has 1 aromatic rings. The number of hydrazine groups is 1. The highest BCUT2D eigenvalue weighted by Gasteiger charge is 2.21. The van der Waals surface area contributed by atoms with E-state index in [-0.39, 0.29) is 17.3 Å². The number of unbranched alkanes of at least 4 members (excludes halogenated alkanes) is 1. The van der Waals surface area contributed by atoms with Crippen LogP contribution in [0.1, 0.15) is 26.7 Å². The molecular weight excluding hydrogens is 274 g/mol. The van der Waals surface area contributed by atoms with Crippen LogP contribution in [0, 0.1) is 10.1 Å². The molecule has 0 aliphatic carbocycles. The Morgan fingerprint density at radius 2 is 2.05 bits per heavy atom. The van der Waals surface area contributed by atoms with Gasteiger partial charge < -0.3 is 15.6 Å². The maximum Gasteiger partial charge on any atom is 0.354 e. The molecule has 4 N–H and O–H groups in total. The van der Waals surface area contributed by atoms with Crippen molar-refractivity contribution in [2.45, 2.75) is 32.7 Å². The van der Waals surface area contributed by atoms with Crippen LogP contribution in [0.3, 0.4) is 0 Å². The minimum absolute atomic E-state index is 0.00274. The van der Waals surface area contributed by atoms with Crippen LogP contribution in [-0.2, 0) is 0 Å². The van der Waals surface area contributed by atoms with E-state index in [1.54, 1.807) is 0 Å². The number of nitrogen functional groups attached to an aromatic ring is 1. The van der Waals surface area contributed by atoms with E-state index in [0.717, 1.165) is 19.4 Å². The second-order valence-corrected chi connectivity index (χ2v) is 5.03. The Morgan fingerprint density at radius 3 is 2.62 bits per heavy atom. The van der Waals surface area contributed by atoms with E-state index in [9.17, 15) is 10.1 Å². The maximum atomic E-state index is 11.0. The van der Waals surface area contributed by atoms with Gasteiger partial charge in [0.15, 0.2) is 0 Å². The average molecular weight is 297 g/mol. The quantitative estimate of drug-likeness (QED) is 0.269. The molecule has 0 amide bonds. The Labute approximate surface area is 124 Å². The molecule has 0 bridgehead atoms. The van der Waals surface area contributed by atoms with Gasteiger partial charge in [0.2, 0.25) is 11.6 Å². The molecule has 0 saturated heterocycles. The van der Waals surface area contributed by atoms with Crippen molar-refractivity contribution >= 4 is 17.3 Å². The summed E-state index contributed by atoms with van der Waals surface area (Å²) in [7, 11) is 2.08. The van der Waals surface area contributed by atoms with Gasteiger partial charge in [0.25, 0.3) is 0 Å². The fraction of sp³-hybridized carbons (Fsp3) is 0.667. The topological polar surface area (TPSA) is 122 Å². The molecular formula is C12H23N7O2. The van der Waals surface area contributed by atoms with Crippen LogP contribution >= 0.6 is 0 Å². The average Bonchev–Trinajstić information content (AvgIpc) is 2.45. The van der Waals surface area contributed by atoms with Crippen LogP contribution < -0.4 is 16.6 Å². The Bertz CT molecular complexity index is 467. The van der Waals surface area contributed by atoms with Gasteiger partial charge in [0.1, 0.15) is 6.33 Å². The van der Waals surface area contributed by atoms with Crippen molar-refractivity contribution in [1.82, 2.24) is 14.9 Å². The lowest BCUT2D eigenvalue weighted by molar-refractivity contribution is -0.383. The van der Waals surface area contributed by atoms with Crippen molar-refractivity contribution in [2.75, 3.05) is 30.9 Å². The van der Waals surface area contributed by atoms with Crippen LogP contribution in [0.5, 0.6) is 0 Å². The molecule has 9 nitrogen and oxygen atoms in total. The molecule has 0 fully saturated rings. The number of nitro groups is 1. The molecule has 118 valence electrons. The molecule has 0 aliphatic rings. The first kappa shape index (κ1) is 17.1. The van der Waals surface area contributed by atoms with E-state index in [2.05, 4.69) is 46.5 Å². The molecule has 0 atom stereocenters. The predicted molar refractivity (Wildman–Crippen MR) is 82.0 cm³/mol. The van der Waals surface area contributed by atoms with Gasteiger partial charge in [-0.1, -0.05) is 0 Å². The lowest BCUT2D eigenvalue weighted by atomic mass is 10.2. The van der Waals surface area contributed by atoms with Crippen molar-refractivity contribution < 1.29 is 4.92 Å². The molecule has 0 unspecified atom stereocenters. The van der Waals surface area contributed by atoms with Crippen molar-refractivity contribution in [2.24, 2.45) is 5.84 Å². The van der Waals surface area contributed by atoms with Crippen molar-refractivity contribution in [3.8, 4) is 0 Å². The standard InChI is InChI=1S/C12H23N7O2/c1-9(2)18(3)7-5-4-6-14-11-10(19(20)21)12(17-13)16-8-15-11/h8-9H,4-7,13H2,1-3H3,(H2,14,15,16,17). The Hall–Kier alpha value is -2.00. The predicted octanol–water partition coefficient (Wildman–Crippen LogP) is 1.20. The van der Waals surface area contributed by atoms with Gasteiger partial charge in [-0.05, 0) is 40.3 Å². The first-order valence-electron chi connectivity index (χ1n) is 6.87. The Balaban J connectivity index is 2.51. The fourth-order valence-electron chi connectivity index (χ4n) is 1.74. The van der Waals surface area contributed by atoms with Crippen molar-refractivity contribution in [3.05, 3.63) is 16.4 Å². The lowest BCUT2D eigenvalue weighted by Crippen LogP contribution is -2.27. The van der Waals surface area contributed by atoms with Crippen LogP contribution in [0.2, 0.25) is 0 Å². The van der Waals surface area contributed by atoms with Crippen LogP contribution in [-0.4, -0.2) is 46.0 Å². The largest absolute Gasteiger partial charge is 0.364 e. The first-order valence-corrected chi connectivity index (χ1v) is 6.87. The molecule has 0 saturated carbocycles. The third-order valence-corrected chi connectivity index (χ3v) is 3.25. The Morgan fingerprint density at radius 1 is 1.38 bits per heavy atom. The monoisotopic (exact) mass is 297 g/mol. The molecule has 0 radical (unpaired) electrons. The molecule has 1 rings (SSSR count). The van der Waals surface area contributed by atoms with Gasteiger partial charge in [-0.2, -0.15) is 0 Å². The first-order chi connectivity index (χ1) is 9.97. The highest BCUT2D eigenvalue weighted by Crippen LogP contribution is 2.27. The molecule has 0 aromatic carbocycles. The number of anilines is 2. The van der Waals surface area contributed by atoms with Gasteiger partial charge in [-0.15, -0.1) is 0 Å². The summed E-state index contributed by atoms with van der Waals surface area (Å²) in [5.74, 6) is 5.40. The molecule has 0 aliphatic heterocycles. The second kappa shape index (κ2) is 8.32. The summed E-state index contributed by atoms with van der Waals surface area (Å²) >= 11 is 0. The summed E-state index contributed by atoms with van der Waals surface area (Å²) in [6, 6.07) is 0.513. The number of aromatic nitrogens is 2. The minimum Gasteiger partial charge on any atom is -0.364 e. The smallest absolute Gasteiger partial charge is 0.354 e. The van der Waals surface area contributed by atoms with Crippen LogP contribution in [0.25, 0.3) is 0 Å². The summed E-state index contributed by atoms with van der Waals surface area (Å²) in [6.45, 7) is 5.88. The van der Waals surface area contributed by atoms with Gasteiger partial charge in [0.05, 0.1) is 4.92 Å². The van der Waals surface area contributed by atoms with Gasteiger partial charge >= 0.3 is 5.69 Å². The SMILES string of the molecule is CC(C)N(C)CCCCNc1ncnc(NN)c1[N+](=O)[O-]. The van der Waals surface area contributed by atoms with E-state index in [4.69, 9.17) is 5.84 Å². The van der Waals surface area contributed by atoms with Crippen molar-refractivity contribution in [1.29, 1.82) is 0 Å². The van der Waals surface area contributed by atoms with E-state index in [1.807, 2.05) is 0 Å². The molecule has 21 heavy (non-hydrogen) atoms. The summed E-state index contributed by atoms with van der Waals surface area (Å²) in [5, 5.41) is 14.0. The number of hydrogen-bond acceptors (Lipinski definition) is 8. The zero-order valence-corrected chi connectivity index (χ0v) is 12.7. The van der Waals surface area contributed by atoms with E-state index < -0.39 is 4.92 Å². The lowest BCUT2D eigenvalue weighted by Gasteiger charge is -2.20. The minimum atomic E-state index is -0.552. The Kier molecular flexibility index (Phi) is 6.76. The zero-order chi connectivity index (χ0) is 15.8. The molecule has 0 spiro atoms. The summed E-state index contributed by atoms with van der Waals surface area (Å²) < 4.78 is 0. The van der Waals surface area contributed by atoms with E-state index >= 15 is 0 Å². The summed E-state index contributed by atoms with van der Waals surface area (Å²) in [5.41, 5.74) is 1.97. The normalized spacial score (nSPS) is 11.0. The number of hydrogen-bond donors (Lipinski definition) is 3. The fourth-order valence-corrected chi connectivity index (χ4v) is 1.74. The van der Waals surface area contributed by atoms with Gasteiger partial charge in [-0.25, -0.2) is 15.8 Å². The maximum absolute atomic E-state index is 11.0. The third kappa shape index (κ3) is 5.12. The van der Waals surface area contributed by atoms with E-state index in [1.165, 1.54) is 6.33 Å². The number of rotatable bonds is 9. The molecule has 9 heteroatoms. The van der Waals surface area contributed by atoms with Crippen LogP contribution in [0.4, 0.5) is 17.3 Å². The molecule has 1 aromatic heterocycles. The second-order valence-electron chi connectivity index (χ2n) is 5.03.